The van der Waals surface area contributed by atoms with E-state index in [0.29, 0.717) is 6.42 Å². The summed E-state index contributed by atoms with van der Waals surface area (Å²) in [7, 11) is 0. The van der Waals surface area contributed by atoms with E-state index in [-0.39, 0.29) is 5.91 Å². The number of fused-ring (bicyclic) bond motifs is 1. The second-order valence-electron chi connectivity index (χ2n) is 3.06. The third-order valence-corrected chi connectivity index (χ3v) is 2.94. The van der Waals surface area contributed by atoms with Crippen molar-refractivity contribution in [3.63, 3.8) is 0 Å². The highest BCUT2D eigenvalue weighted by Crippen LogP contribution is 2.35. The van der Waals surface area contributed by atoms with Gasteiger partial charge in [0.05, 0.1) is 12.1 Å². The van der Waals surface area contributed by atoms with Crippen LogP contribution in [0.5, 0.6) is 0 Å². The molecule has 0 atom stereocenters. The molecule has 68 valence electrons. The highest BCUT2D eigenvalue weighted by molar-refractivity contribution is 9.10. The molecule has 0 unspecified atom stereocenters. The number of likely N-dealkylation sites (N-methyl/N-ethyl adjacent to an activating group) is 1. The average molecular weight is 240 g/mol. The lowest BCUT2D eigenvalue weighted by Gasteiger charge is -2.15. The van der Waals surface area contributed by atoms with Crippen LogP contribution in [0.25, 0.3) is 0 Å². The van der Waals surface area contributed by atoms with Gasteiger partial charge in [0.2, 0.25) is 5.91 Å². The summed E-state index contributed by atoms with van der Waals surface area (Å²) in [5.74, 6) is 0.199. The minimum Gasteiger partial charge on any atom is -0.311 e. The van der Waals surface area contributed by atoms with Gasteiger partial charge in [0.1, 0.15) is 0 Å². The lowest BCUT2D eigenvalue weighted by molar-refractivity contribution is -0.117. The minimum atomic E-state index is 0.199. The van der Waals surface area contributed by atoms with Crippen LogP contribution in [0.2, 0.25) is 0 Å². The second kappa shape index (κ2) is 3.14. The second-order valence-corrected chi connectivity index (χ2v) is 3.92. The molecule has 3 heteroatoms. The molecule has 0 saturated heterocycles. The van der Waals surface area contributed by atoms with Crippen LogP contribution in [-0.4, -0.2) is 12.5 Å². The summed E-state index contributed by atoms with van der Waals surface area (Å²) in [6, 6.07) is 5.95. The molecule has 0 radical (unpaired) electrons. The molecule has 0 N–H and O–H groups in total. The molecule has 1 aliphatic heterocycles. The van der Waals surface area contributed by atoms with Gasteiger partial charge in [-0.25, -0.2) is 0 Å². The van der Waals surface area contributed by atoms with Crippen molar-refractivity contribution in [1.29, 1.82) is 0 Å². The molecule has 2 nitrogen and oxygen atoms in total. The van der Waals surface area contributed by atoms with Gasteiger partial charge in [0.25, 0.3) is 0 Å². The van der Waals surface area contributed by atoms with Gasteiger partial charge in [0.15, 0.2) is 0 Å². The van der Waals surface area contributed by atoms with Crippen molar-refractivity contribution in [3.05, 3.63) is 28.2 Å². The SMILES string of the molecule is CCN1C(=O)Cc2cccc(Br)c21. The first kappa shape index (κ1) is 8.75. The molecule has 1 heterocycles. The summed E-state index contributed by atoms with van der Waals surface area (Å²) in [5, 5.41) is 0. The Hall–Kier alpha value is -0.830. The van der Waals surface area contributed by atoms with Crippen molar-refractivity contribution in [2.45, 2.75) is 13.3 Å². The van der Waals surface area contributed by atoms with Crippen molar-refractivity contribution in [2.24, 2.45) is 0 Å². The van der Waals surface area contributed by atoms with Gasteiger partial charge in [-0.3, -0.25) is 4.79 Å². The van der Waals surface area contributed by atoms with Crippen molar-refractivity contribution < 1.29 is 4.79 Å². The maximum atomic E-state index is 11.5. The summed E-state index contributed by atoms with van der Waals surface area (Å²) in [6.07, 6.45) is 0.544. The first-order valence-corrected chi connectivity index (χ1v) is 5.11. The number of hydrogen-bond donors (Lipinski definition) is 0. The van der Waals surface area contributed by atoms with Crippen LogP contribution < -0.4 is 4.90 Å². The van der Waals surface area contributed by atoms with E-state index in [4.69, 9.17) is 0 Å². The molecule has 0 spiro atoms. The maximum absolute atomic E-state index is 11.5. The Morgan fingerprint density at radius 1 is 1.54 bits per heavy atom. The standard InChI is InChI=1S/C10H10BrNO/c1-2-12-9(13)6-7-4-3-5-8(11)10(7)12/h3-5H,2,6H2,1H3. The van der Waals surface area contributed by atoms with Crippen LogP contribution >= 0.6 is 15.9 Å². The van der Waals surface area contributed by atoms with E-state index < -0.39 is 0 Å². The van der Waals surface area contributed by atoms with Gasteiger partial charge in [0, 0.05) is 11.0 Å². The topological polar surface area (TPSA) is 20.3 Å². The van der Waals surface area contributed by atoms with Gasteiger partial charge in [-0.2, -0.15) is 0 Å². The third kappa shape index (κ3) is 1.27. The normalized spacial score (nSPS) is 14.9. The number of carbonyl (C=O) groups is 1. The van der Waals surface area contributed by atoms with Crippen molar-refractivity contribution >= 4 is 27.5 Å². The summed E-state index contributed by atoms with van der Waals surface area (Å²) in [6.45, 7) is 2.74. The Labute approximate surface area is 85.7 Å². The summed E-state index contributed by atoms with van der Waals surface area (Å²) in [5.41, 5.74) is 2.18. The quantitative estimate of drug-likeness (QED) is 0.737. The molecule has 0 aliphatic carbocycles. The Balaban J connectivity index is 2.55. The largest absolute Gasteiger partial charge is 0.311 e. The summed E-state index contributed by atoms with van der Waals surface area (Å²) in [4.78, 5) is 13.3. The van der Waals surface area contributed by atoms with Crippen LogP contribution in [0.15, 0.2) is 22.7 Å². The van der Waals surface area contributed by atoms with Crippen molar-refractivity contribution in [1.82, 2.24) is 0 Å². The van der Waals surface area contributed by atoms with Gasteiger partial charge in [-0.1, -0.05) is 12.1 Å². The molecule has 0 saturated carbocycles. The van der Waals surface area contributed by atoms with Gasteiger partial charge in [-0.15, -0.1) is 0 Å². The summed E-state index contributed by atoms with van der Waals surface area (Å²) >= 11 is 3.46. The number of amides is 1. The number of halogens is 1. The van der Waals surface area contributed by atoms with Crippen LogP contribution in [-0.2, 0) is 11.2 Å². The fourth-order valence-electron chi connectivity index (χ4n) is 1.72. The Morgan fingerprint density at radius 3 is 3.00 bits per heavy atom. The van der Waals surface area contributed by atoms with E-state index in [9.17, 15) is 4.79 Å². The molecule has 2 rings (SSSR count). The van der Waals surface area contributed by atoms with Crippen molar-refractivity contribution in [3.8, 4) is 0 Å². The molecule has 1 aliphatic rings. The zero-order chi connectivity index (χ0) is 9.42. The van der Waals surface area contributed by atoms with E-state index in [1.54, 1.807) is 0 Å². The molecule has 1 aromatic rings. The highest BCUT2D eigenvalue weighted by atomic mass is 79.9. The Bertz CT molecular complexity index is 362. The van der Waals surface area contributed by atoms with E-state index in [1.165, 1.54) is 0 Å². The third-order valence-electron chi connectivity index (χ3n) is 2.30. The first-order valence-electron chi connectivity index (χ1n) is 4.31. The number of hydrogen-bond acceptors (Lipinski definition) is 1. The van der Waals surface area contributed by atoms with Crippen LogP contribution in [0.1, 0.15) is 12.5 Å². The lowest BCUT2D eigenvalue weighted by atomic mass is 10.2. The van der Waals surface area contributed by atoms with Gasteiger partial charge >= 0.3 is 0 Å². The minimum absolute atomic E-state index is 0.199. The number of benzene rings is 1. The Morgan fingerprint density at radius 2 is 2.31 bits per heavy atom. The molecular weight excluding hydrogens is 230 g/mol. The molecule has 0 aromatic heterocycles. The predicted molar refractivity (Wildman–Crippen MR) is 55.9 cm³/mol. The fourth-order valence-corrected chi connectivity index (χ4v) is 2.34. The maximum Gasteiger partial charge on any atom is 0.231 e. The molecule has 0 bridgehead atoms. The van der Waals surface area contributed by atoms with Crippen molar-refractivity contribution in [2.75, 3.05) is 11.4 Å². The first-order chi connectivity index (χ1) is 6.24. The van der Waals surface area contributed by atoms with E-state index in [0.717, 1.165) is 22.3 Å². The lowest BCUT2D eigenvalue weighted by Crippen LogP contribution is -2.26. The smallest absolute Gasteiger partial charge is 0.231 e. The zero-order valence-corrected chi connectivity index (χ0v) is 8.97. The van der Waals surface area contributed by atoms with Crippen LogP contribution in [0, 0.1) is 0 Å². The van der Waals surface area contributed by atoms with E-state index in [2.05, 4.69) is 15.9 Å². The van der Waals surface area contributed by atoms with Crippen LogP contribution in [0.3, 0.4) is 0 Å². The van der Waals surface area contributed by atoms with Gasteiger partial charge < -0.3 is 4.90 Å². The Kier molecular flexibility index (Phi) is 2.12. The molecule has 1 amide bonds. The number of carbonyl (C=O) groups excluding carboxylic acids is 1. The highest BCUT2D eigenvalue weighted by Gasteiger charge is 2.27. The fraction of sp³-hybridized carbons (Fsp3) is 0.300. The number of para-hydroxylation sites is 1. The number of rotatable bonds is 1. The number of anilines is 1. The number of nitrogens with zero attached hydrogens (tertiary/aromatic N) is 1. The zero-order valence-electron chi connectivity index (χ0n) is 7.38. The van der Waals surface area contributed by atoms with E-state index >= 15 is 0 Å². The molecular formula is C10H10BrNO. The summed E-state index contributed by atoms with van der Waals surface area (Å²) < 4.78 is 1.01. The monoisotopic (exact) mass is 239 g/mol. The molecule has 0 fully saturated rings. The van der Waals surface area contributed by atoms with Gasteiger partial charge in [-0.05, 0) is 34.5 Å². The van der Waals surface area contributed by atoms with E-state index in [1.807, 2.05) is 30.0 Å². The average Bonchev–Trinajstić information content (AvgIpc) is 2.42. The predicted octanol–water partition coefficient (Wildman–Crippen LogP) is 2.36. The van der Waals surface area contributed by atoms with Crippen LogP contribution in [0.4, 0.5) is 5.69 Å². The molecule has 1 aromatic carbocycles. The molecule has 13 heavy (non-hydrogen) atoms.